The average molecular weight is 274 g/mol. The molecule has 4 rings (SSSR count). The van der Waals surface area contributed by atoms with E-state index in [0.29, 0.717) is 35.3 Å². The van der Waals surface area contributed by atoms with E-state index in [4.69, 9.17) is 4.52 Å². The van der Waals surface area contributed by atoms with Gasteiger partial charge >= 0.3 is 0 Å². The van der Waals surface area contributed by atoms with Crippen molar-refractivity contribution in [1.29, 1.82) is 0 Å². The Morgan fingerprint density at radius 2 is 2.10 bits per heavy atom. The van der Waals surface area contributed by atoms with E-state index in [1.165, 1.54) is 12.8 Å². The Morgan fingerprint density at radius 1 is 1.20 bits per heavy atom. The maximum absolute atomic E-state index is 5.33. The second kappa shape index (κ2) is 4.66. The molecule has 0 amide bonds. The molecule has 1 saturated carbocycles. The minimum absolute atomic E-state index is 0.488. The van der Waals surface area contributed by atoms with Crippen LogP contribution in [-0.4, -0.2) is 38.4 Å². The molecule has 20 heavy (non-hydrogen) atoms. The molecule has 3 heterocycles. The van der Waals surface area contributed by atoms with Crippen LogP contribution >= 0.6 is 0 Å². The first-order valence-electron chi connectivity index (χ1n) is 7.25. The maximum Gasteiger partial charge on any atom is 0.242 e. The Morgan fingerprint density at radius 3 is 2.85 bits per heavy atom. The molecule has 0 aromatic carbocycles. The summed E-state index contributed by atoms with van der Waals surface area (Å²) in [6.45, 7) is 4.34. The molecule has 7 heteroatoms. The summed E-state index contributed by atoms with van der Waals surface area (Å²) < 4.78 is 5.33. The molecule has 1 saturated heterocycles. The molecule has 2 N–H and O–H groups in total. The third-order valence-electron chi connectivity index (χ3n) is 4.25. The Balaban J connectivity index is 1.48. The van der Waals surface area contributed by atoms with Gasteiger partial charge in [0, 0.05) is 12.3 Å². The van der Waals surface area contributed by atoms with Gasteiger partial charge in [0.1, 0.15) is 5.82 Å². The first-order chi connectivity index (χ1) is 9.79. The molecule has 1 aliphatic carbocycles. The number of hydrogen-bond donors (Lipinski definition) is 2. The lowest BCUT2D eigenvalue weighted by molar-refractivity contribution is 0.337. The highest BCUT2D eigenvalue weighted by Crippen LogP contribution is 2.38. The molecule has 2 atom stereocenters. The Hall–Kier alpha value is -1.76. The van der Waals surface area contributed by atoms with Crippen LogP contribution in [0.5, 0.6) is 0 Å². The summed E-state index contributed by atoms with van der Waals surface area (Å²) in [6.07, 6.45) is 3.21. The molecular formula is C13H18N6O. The van der Waals surface area contributed by atoms with Gasteiger partial charge in [0.2, 0.25) is 17.5 Å². The fraction of sp³-hybridized carbons (Fsp3) is 0.692. The molecule has 2 aromatic heterocycles. The molecule has 2 fully saturated rings. The lowest BCUT2D eigenvalue weighted by Gasteiger charge is -2.09. The van der Waals surface area contributed by atoms with Crippen LogP contribution in [0, 0.1) is 11.8 Å². The van der Waals surface area contributed by atoms with E-state index >= 15 is 0 Å². The van der Waals surface area contributed by atoms with Gasteiger partial charge in [-0.2, -0.15) is 4.98 Å². The molecule has 0 unspecified atom stereocenters. The van der Waals surface area contributed by atoms with E-state index in [9.17, 15) is 0 Å². The minimum atomic E-state index is 0.488. The van der Waals surface area contributed by atoms with E-state index in [1.807, 2.05) is 0 Å². The van der Waals surface area contributed by atoms with Crippen LogP contribution in [0.25, 0.3) is 11.6 Å². The zero-order chi connectivity index (χ0) is 13.5. The molecule has 0 bridgehead atoms. The lowest BCUT2D eigenvalue weighted by Crippen LogP contribution is -2.13. The van der Waals surface area contributed by atoms with E-state index in [2.05, 4.69) is 37.6 Å². The summed E-state index contributed by atoms with van der Waals surface area (Å²) >= 11 is 0. The van der Waals surface area contributed by atoms with E-state index in [1.54, 1.807) is 0 Å². The zero-order valence-electron chi connectivity index (χ0n) is 11.5. The summed E-state index contributed by atoms with van der Waals surface area (Å²) in [5.74, 6) is 4.42. The topological polar surface area (TPSA) is 92.5 Å². The number of aromatic nitrogens is 5. The van der Waals surface area contributed by atoms with Crippen molar-refractivity contribution in [2.45, 2.75) is 32.1 Å². The number of aromatic amines is 1. The van der Waals surface area contributed by atoms with Crippen molar-refractivity contribution in [3.05, 3.63) is 11.7 Å². The van der Waals surface area contributed by atoms with Gasteiger partial charge in [-0.3, -0.25) is 5.10 Å². The van der Waals surface area contributed by atoms with Gasteiger partial charge in [-0.15, -0.1) is 5.10 Å². The SMILES string of the molecule is C[C@@H]1CNC[C@H]1Cc1nc(-c2n[nH]c(C3CC3)n2)no1. The predicted octanol–water partition coefficient (Wildman–Crippen LogP) is 1.13. The molecule has 2 aliphatic rings. The Labute approximate surface area is 116 Å². The Kier molecular flexibility index (Phi) is 2.80. The van der Waals surface area contributed by atoms with Gasteiger partial charge in [0.05, 0.1) is 0 Å². The fourth-order valence-electron chi connectivity index (χ4n) is 2.70. The maximum atomic E-state index is 5.33. The van der Waals surface area contributed by atoms with Crippen LogP contribution < -0.4 is 5.32 Å². The molecule has 1 aliphatic heterocycles. The van der Waals surface area contributed by atoms with Crippen LogP contribution in [-0.2, 0) is 6.42 Å². The summed E-state index contributed by atoms with van der Waals surface area (Å²) in [4.78, 5) is 8.86. The highest BCUT2D eigenvalue weighted by molar-refractivity contribution is 5.41. The monoisotopic (exact) mass is 274 g/mol. The predicted molar refractivity (Wildman–Crippen MR) is 70.9 cm³/mol. The molecule has 0 spiro atoms. The number of hydrogen-bond acceptors (Lipinski definition) is 6. The third-order valence-corrected chi connectivity index (χ3v) is 4.25. The zero-order valence-corrected chi connectivity index (χ0v) is 11.5. The van der Waals surface area contributed by atoms with Crippen molar-refractivity contribution in [1.82, 2.24) is 30.6 Å². The van der Waals surface area contributed by atoms with Crippen molar-refractivity contribution in [2.75, 3.05) is 13.1 Å². The first-order valence-corrected chi connectivity index (χ1v) is 7.25. The molecule has 7 nitrogen and oxygen atoms in total. The quantitative estimate of drug-likeness (QED) is 0.868. The molecule has 106 valence electrons. The second-order valence-corrected chi connectivity index (χ2v) is 5.93. The minimum Gasteiger partial charge on any atom is -0.339 e. The van der Waals surface area contributed by atoms with Crippen LogP contribution in [0.15, 0.2) is 4.52 Å². The summed E-state index contributed by atoms with van der Waals surface area (Å²) in [6, 6.07) is 0. The van der Waals surface area contributed by atoms with Gasteiger partial charge in [0.15, 0.2) is 0 Å². The fourth-order valence-corrected chi connectivity index (χ4v) is 2.70. The van der Waals surface area contributed by atoms with Crippen molar-refractivity contribution < 1.29 is 4.52 Å². The lowest BCUT2D eigenvalue weighted by atomic mass is 9.95. The highest BCUT2D eigenvalue weighted by Gasteiger charge is 2.29. The van der Waals surface area contributed by atoms with Gasteiger partial charge in [-0.25, -0.2) is 4.98 Å². The Bertz CT molecular complexity index is 602. The standard InChI is InChI=1S/C13H18N6O/c1-7-5-14-6-9(7)4-10-15-13(19-20-10)12-16-11(17-18-12)8-2-3-8/h7-9,14H,2-6H2,1H3,(H,16,17,18)/t7-,9-/m1/s1. The van der Waals surface area contributed by atoms with Crippen LogP contribution in [0.2, 0.25) is 0 Å². The largest absolute Gasteiger partial charge is 0.339 e. The number of rotatable bonds is 4. The molecular weight excluding hydrogens is 256 g/mol. The van der Waals surface area contributed by atoms with Crippen molar-refractivity contribution in [3.63, 3.8) is 0 Å². The molecule has 2 aromatic rings. The van der Waals surface area contributed by atoms with Crippen LogP contribution in [0.4, 0.5) is 0 Å². The van der Waals surface area contributed by atoms with Crippen molar-refractivity contribution in [2.24, 2.45) is 11.8 Å². The summed E-state index contributed by atoms with van der Waals surface area (Å²) in [5, 5.41) is 14.5. The highest BCUT2D eigenvalue weighted by atomic mass is 16.5. The van der Waals surface area contributed by atoms with E-state index < -0.39 is 0 Å². The first kappa shape index (κ1) is 12.0. The summed E-state index contributed by atoms with van der Waals surface area (Å²) in [7, 11) is 0. The van der Waals surface area contributed by atoms with E-state index in [-0.39, 0.29) is 0 Å². The van der Waals surface area contributed by atoms with Gasteiger partial charge in [0.25, 0.3) is 0 Å². The smallest absolute Gasteiger partial charge is 0.242 e. The number of nitrogens with one attached hydrogen (secondary N) is 2. The normalized spacial score (nSPS) is 26.2. The third kappa shape index (κ3) is 2.22. The van der Waals surface area contributed by atoms with Gasteiger partial charge in [-0.1, -0.05) is 12.1 Å². The average Bonchev–Trinajstić information content (AvgIpc) is 2.88. The number of nitrogens with zero attached hydrogens (tertiary/aromatic N) is 4. The van der Waals surface area contributed by atoms with Gasteiger partial charge < -0.3 is 9.84 Å². The summed E-state index contributed by atoms with van der Waals surface area (Å²) in [5.41, 5.74) is 0. The van der Waals surface area contributed by atoms with Crippen LogP contribution in [0.3, 0.4) is 0 Å². The number of H-pyrrole nitrogens is 1. The van der Waals surface area contributed by atoms with Crippen LogP contribution in [0.1, 0.15) is 37.4 Å². The van der Waals surface area contributed by atoms with Crippen molar-refractivity contribution in [3.8, 4) is 11.6 Å². The van der Waals surface area contributed by atoms with E-state index in [0.717, 1.165) is 25.3 Å². The van der Waals surface area contributed by atoms with Crippen molar-refractivity contribution >= 4 is 0 Å². The molecule has 0 radical (unpaired) electrons. The second-order valence-electron chi connectivity index (χ2n) is 5.93. The van der Waals surface area contributed by atoms with Gasteiger partial charge in [-0.05, 0) is 37.8 Å².